The van der Waals surface area contributed by atoms with Gasteiger partial charge in [0.1, 0.15) is 11.1 Å². The van der Waals surface area contributed by atoms with Gasteiger partial charge in [0, 0.05) is 13.1 Å². The zero-order valence-electron chi connectivity index (χ0n) is 14.3. The van der Waals surface area contributed by atoms with Gasteiger partial charge < -0.3 is 14.1 Å². The highest BCUT2D eigenvalue weighted by Gasteiger charge is 2.49. The van der Waals surface area contributed by atoms with E-state index < -0.39 is 5.60 Å². The molecular weight excluding hydrogens is 410 g/mol. The summed E-state index contributed by atoms with van der Waals surface area (Å²) in [6.45, 7) is 7.00. The average molecular weight is 429 g/mol. The summed E-state index contributed by atoms with van der Waals surface area (Å²) in [5.74, 6) is 0. The second-order valence-electron chi connectivity index (χ2n) is 7.54. The molecule has 0 spiro atoms. The molecule has 5 rings (SSSR count). The summed E-state index contributed by atoms with van der Waals surface area (Å²) in [5, 5.41) is 0.561. The molecule has 0 aliphatic carbocycles. The number of hydrogen-bond acceptors (Lipinski definition) is 5. The standard InChI is InChI=1S/C17H19BrClN3O3/c1-17(2,3)25-16(23)22-9-6-10(22)8-21(7-9)15-20-13-12(19)5-4-11(18)14(13)24-15/h4-5,9-10H,6-8H2,1-3H3. The third-order valence-corrected chi connectivity index (χ3v) is 5.43. The number of benzene rings is 1. The lowest BCUT2D eigenvalue weighted by atomic mass is 9.88. The van der Waals surface area contributed by atoms with Gasteiger partial charge >= 0.3 is 6.09 Å². The molecule has 0 radical (unpaired) electrons. The Labute approximate surface area is 159 Å². The highest BCUT2D eigenvalue weighted by Crippen LogP contribution is 2.38. The summed E-state index contributed by atoms with van der Waals surface area (Å²) >= 11 is 9.68. The molecule has 1 aromatic carbocycles. The van der Waals surface area contributed by atoms with Crippen molar-refractivity contribution in [2.24, 2.45) is 0 Å². The number of carbonyl (C=O) groups is 1. The van der Waals surface area contributed by atoms with Crippen LogP contribution < -0.4 is 4.90 Å². The second-order valence-corrected chi connectivity index (χ2v) is 8.80. The normalized spacial score (nSPS) is 22.9. The Morgan fingerprint density at radius 3 is 2.64 bits per heavy atom. The van der Waals surface area contributed by atoms with Crippen LogP contribution in [0.5, 0.6) is 0 Å². The quantitative estimate of drug-likeness (QED) is 0.672. The Balaban J connectivity index is 1.52. The number of fused-ring (bicyclic) bond motifs is 3. The molecule has 0 N–H and O–H groups in total. The number of nitrogens with zero attached hydrogens (tertiary/aromatic N) is 3. The van der Waals surface area contributed by atoms with E-state index in [-0.39, 0.29) is 18.2 Å². The molecule has 2 bridgehead atoms. The fraction of sp³-hybridized carbons (Fsp3) is 0.529. The van der Waals surface area contributed by atoms with Crippen LogP contribution in [-0.4, -0.2) is 46.8 Å². The van der Waals surface area contributed by atoms with Crippen molar-refractivity contribution in [2.75, 3.05) is 18.0 Å². The van der Waals surface area contributed by atoms with Crippen LogP contribution in [0.4, 0.5) is 10.8 Å². The molecule has 8 heteroatoms. The maximum absolute atomic E-state index is 12.4. The van der Waals surface area contributed by atoms with Crippen molar-refractivity contribution in [3.63, 3.8) is 0 Å². The van der Waals surface area contributed by atoms with Crippen molar-refractivity contribution in [1.82, 2.24) is 9.88 Å². The summed E-state index contributed by atoms with van der Waals surface area (Å²) in [4.78, 5) is 20.8. The maximum atomic E-state index is 12.4. The molecule has 134 valence electrons. The fourth-order valence-corrected chi connectivity index (χ4v) is 4.04. The SMILES string of the molecule is CC(C)(C)OC(=O)N1C2CC1CN(c1nc3c(Cl)ccc(Br)c3o1)C2. The number of hydrogen-bond donors (Lipinski definition) is 0. The van der Waals surface area contributed by atoms with Crippen LogP contribution in [0, 0.1) is 0 Å². The third kappa shape index (κ3) is 2.97. The van der Waals surface area contributed by atoms with Crippen LogP contribution in [0.2, 0.25) is 5.02 Å². The number of piperazine rings is 1. The molecule has 2 atom stereocenters. The predicted molar refractivity (Wildman–Crippen MR) is 99.2 cm³/mol. The zero-order valence-corrected chi connectivity index (χ0v) is 16.6. The summed E-state index contributed by atoms with van der Waals surface area (Å²) in [5.41, 5.74) is 0.810. The van der Waals surface area contributed by atoms with E-state index in [2.05, 4.69) is 25.8 Å². The van der Waals surface area contributed by atoms with Crippen molar-refractivity contribution in [2.45, 2.75) is 44.9 Å². The molecule has 1 aromatic heterocycles. The lowest BCUT2D eigenvalue weighted by Crippen LogP contribution is -2.70. The Bertz CT molecular complexity index is 797. The van der Waals surface area contributed by atoms with Gasteiger partial charge in [-0.15, -0.1) is 0 Å². The highest BCUT2D eigenvalue weighted by atomic mass is 79.9. The third-order valence-electron chi connectivity index (χ3n) is 4.50. The molecule has 6 nitrogen and oxygen atoms in total. The summed E-state index contributed by atoms with van der Waals surface area (Å²) in [7, 11) is 0. The smallest absolute Gasteiger partial charge is 0.410 e. The zero-order chi connectivity index (χ0) is 17.9. The van der Waals surface area contributed by atoms with E-state index >= 15 is 0 Å². The number of halogens is 2. The van der Waals surface area contributed by atoms with E-state index in [1.54, 1.807) is 6.07 Å². The van der Waals surface area contributed by atoms with E-state index in [0.717, 1.165) is 10.9 Å². The van der Waals surface area contributed by atoms with Crippen molar-refractivity contribution < 1.29 is 13.9 Å². The topological polar surface area (TPSA) is 58.8 Å². The largest absolute Gasteiger partial charge is 0.444 e. The van der Waals surface area contributed by atoms with Gasteiger partial charge in [-0.2, -0.15) is 4.98 Å². The number of ether oxygens (including phenoxy) is 1. The number of anilines is 1. The monoisotopic (exact) mass is 427 g/mol. The highest BCUT2D eigenvalue weighted by molar-refractivity contribution is 9.10. The average Bonchev–Trinajstić information content (AvgIpc) is 2.96. The minimum atomic E-state index is -0.482. The van der Waals surface area contributed by atoms with Gasteiger partial charge in [0.2, 0.25) is 0 Å². The summed E-state index contributed by atoms with van der Waals surface area (Å²) < 4.78 is 12.2. The second kappa shape index (κ2) is 5.77. The molecule has 0 saturated carbocycles. The molecule has 4 heterocycles. The van der Waals surface area contributed by atoms with Gasteiger partial charge in [0.15, 0.2) is 5.58 Å². The van der Waals surface area contributed by atoms with Crippen molar-refractivity contribution in [3.05, 3.63) is 21.6 Å². The fourth-order valence-electron chi connectivity index (χ4n) is 3.45. The number of piperidine rings is 1. The van der Waals surface area contributed by atoms with Gasteiger partial charge in [-0.3, -0.25) is 4.90 Å². The van der Waals surface area contributed by atoms with Gasteiger partial charge in [0.25, 0.3) is 6.01 Å². The first-order valence-electron chi connectivity index (χ1n) is 8.24. The minimum absolute atomic E-state index is 0.127. The number of rotatable bonds is 1. The Morgan fingerprint density at radius 2 is 2.04 bits per heavy atom. The van der Waals surface area contributed by atoms with Crippen LogP contribution in [0.1, 0.15) is 27.2 Å². The molecule has 2 unspecified atom stereocenters. The first-order chi connectivity index (χ1) is 11.7. The van der Waals surface area contributed by atoms with Crippen LogP contribution >= 0.6 is 27.5 Å². The van der Waals surface area contributed by atoms with E-state index in [0.29, 0.717) is 35.2 Å². The van der Waals surface area contributed by atoms with Crippen LogP contribution in [0.15, 0.2) is 21.0 Å². The Kier molecular flexibility index (Phi) is 3.92. The molecule has 3 aliphatic heterocycles. The number of carbonyl (C=O) groups excluding carboxylic acids is 1. The van der Waals surface area contributed by atoms with Crippen LogP contribution in [0.25, 0.3) is 11.1 Å². The molecule has 3 fully saturated rings. The predicted octanol–water partition coefficient (Wildman–Crippen LogP) is 4.44. The van der Waals surface area contributed by atoms with Crippen molar-refractivity contribution in [3.8, 4) is 0 Å². The maximum Gasteiger partial charge on any atom is 0.410 e. The molecule has 1 amide bonds. The van der Waals surface area contributed by atoms with Gasteiger partial charge in [-0.1, -0.05) is 11.6 Å². The van der Waals surface area contributed by atoms with Gasteiger partial charge in [-0.25, -0.2) is 4.79 Å². The molecule has 3 aliphatic rings. The lowest BCUT2D eigenvalue weighted by molar-refractivity contribution is -0.0386. The number of oxazole rings is 1. The first-order valence-corrected chi connectivity index (χ1v) is 9.41. The lowest BCUT2D eigenvalue weighted by Gasteiger charge is -2.55. The first kappa shape index (κ1) is 17.0. The van der Waals surface area contributed by atoms with Crippen LogP contribution in [-0.2, 0) is 4.74 Å². The van der Waals surface area contributed by atoms with Crippen molar-refractivity contribution in [1.29, 1.82) is 0 Å². The number of aromatic nitrogens is 1. The van der Waals surface area contributed by atoms with E-state index in [9.17, 15) is 4.79 Å². The molecule has 25 heavy (non-hydrogen) atoms. The molecule has 3 saturated heterocycles. The van der Waals surface area contributed by atoms with Crippen LogP contribution in [0.3, 0.4) is 0 Å². The summed E-state index contributed by atoms with van der Waals surface area (Å²) in [6.07, 6.45) is 0.747. The van der Waals surface area contributed by atoms with E-state index in [1.807, 2.05) is 31.7 Å². The van der Waals surface area contributed by atoms with E-state index in [4.69, 9.17) is 20.8 Å². The van der Waals surface area contributed by atoms with Crippen molar-refractivity contribution >= 4 is 50.7 Å². The molecule has 2 aromatic rings. The van der Waals surface area contributed by atoms with E-state index in [1.165, 1.54) is 0 Å². The Morgan fingerprint density at radius 1 is 1.36 bits per heavy atom. The molecular formula is C17H19BrClN3O3. The Hall–Kier alpha value is -1.47. The summed E-state index contributed by atoms with van der Waals surface area (Å²) in [6, 6.07) is 4.43. The number of amides is 1. The van der Waals surface area contributed by atoms with Gasteiger partial charge in [-0.05, 0) is 55.3 Å². The van der Waals surface area contributed by atoms with Gasteiger partial charge in [0.05, 0.1) is 21.6 Å². The minimum Gasteiger partial charge on any atom is -0.444 e.